The molecule has 0 aliphatic carbocycles. The van der Waals surface area contributed by atoms with Crippen LogP contribution in [0.25, 0.3) is 0 Å². The van der Waals surface area contributed by atoms with Gasteiger partial charge in [-0.05, 0) is 44.0 Å². The first kappa shape index (κ1) is 20.9. The Balaban J connectivity index is 1.60. The van der Waals surface area contributed by atoms with Crippen molar-refractivity contribution in [1.29, 1.82) is 0 Å². The molecule has 5 nitrogen and oxygen atoms in total. The standard InChI is InChI=1S/C19H16Cl4N4O/c1-10-16(22)18(26-11(2)25-10)24-8-7-12-3-5-13(6-4-12)28-19-15(21)9-14(20)17(23)27-19/h3-6,9H,7-8H2,1-2H3,(H,24,25,26). The van der Waals surface area contributed by atoms with Crippen LogP contribution in [0.15, 0.2) is 30.3 Å². The molecule has 28 heavy (non-hydrogen) atoms. The van der Waals surface area contributed by atoms with Crippen molar-refractivity contribution >= 4 is 52.2 Å². The van der Waals surface area contributed by atoms with Gasteiger partial charge in [-0.15, -0.1) is 0 Å². The minimum atomic E-state index is 0.137. The second-order valence-corrected chi connectivity index (χ2v) is 7.54. The lowest BCUT2D eigenvalue weighted by molar-refractivity contribution is 0.463. The first-order valence-electron chi connectivity index (χ1n) is 8.36. The Labute approximate surface area is 183 Å². The van der Waals surface area contributed by atoms with Crippen molar-refractivity contribution in [2.24, 2.45) is 0 Å². The molecule has 1 aromatic carbocycles. The second-order valence-electron chi connectivity index (χ2n) is 5.99. The summed E-state index contributed by atoms with van der Waals surface area (Å²) < 4.78 is 5.68. The summed E-state index contributed by atoms with van der Waals surface area (Å²) in [5.41, 5.74) is 1.87. The topological polar surface area (TPSA) is 59.9 Å². The second kappa shape index (κ2) is 9.14. The van der Waals surface area contributed by atoms with Crippen LogP contribution >= 0.6 is 46.4 Å². The maximum absolute atomic E-state index is 6.24. The van der Waals surface area contributed by atoms with E-state index in [1.54, 1.807) is 0 Å². The molecule has 0 saturated carbocycles. The molecule has 2 aromatic heterocycles. The van der Waals surface area contributed by atoms with Crippen molar-refractivity contribution in [3.63, 3.8) is 0 Å². The molecule has 1 N–H and O–H groups in total. The highest BCUT2D eigenvalue weighted by Gasteiger charge is 2.10. The summed E-state index contributed by atoms with van der Waals surface area (Å²) in [4.78, 5) is 12.6. The Morgan fingerprint density at radius 1 is 0.929 bits per heavy atom. The molecule has 0 fully saturated rings. The lowest BCUT2D eigenvalue weighted by atomic mass is 10.1. The minimum Gasteiger partial charge on any atom is -0.437 e. The Bertz CT molecular complexity index is 996. The lowest BCUT2D eigenvalue weighted by Gasteiger charge is -2.11. The predicted octanol–water partition coefficient (Wildman–Crippen LogP) is 6.55. The van der Waals surface area contributed by atoms with Gasteiger partial charge in [0.1, 0.15) is 27.4 Å². The fourth-order valence-corrected chi connectivity index (χ4v) is 3.16. The maximum atomic E-state index is 6.24. The van der Waals surface area contributed by atoms with Gasteiger partial charge < -0.3 is 10.1 Å². The lowest BCUT2D eigenvalue weighted by Crippen LogP contribution is -2.09. The molecule has 9 heteroatoms. The van der Waals surface area contributed by atoms with Gasteiger partial charge >= 0.3 is 0 Å². The van der Waals surface area contributed by atoms with E-state index < -0.39 is 0 Å². The van der Waals surface area contributed by atoms with E-state index >= 15 is 0 Å². The smallest absolute Gasteiger partial charge is 0.239 e. The molecule has 0 unspecified atom stereocenters. The van der Waals surface area contributed by atoms with Crippen LogP contribution in [0.1, 0.15) is 17.1 Å². The summed E-state index contributed by atoms with van der Waals surface area (Å²) in [5.74, 6) is 2.12. The number of rotatable bonds is 6. The van der Waals surface area contributed by atoms with Crippen molar-refractivity contribution in [2.75, 3.05) is 11.9 Å². The van der Waals surface area contributed by atoms with Crippen LogP contribution in [-0.4, -0.2) is 21.5 Å². The Morgan fingerprint density at radius 3 is 2.36 bits per heavy atom. The molecule has 0 atom stereocenters. The average molecular weight is 458 g/mol. The predicted molar refractivity (Wildman–Crippen MR) is 114 cm³/mol. The monoisotopic (exact) mass is 456 g/mol. The first-order chi connectivity index (χ1) is 13.3. The summed E-state index contributed by atoms with van der Waals surface area (Å²) in [6.07, 6.45) is 0.782. The van der Waals surface area contributed by atoms with Crippen molar-refractivity contribution in [1.82, 2.24) is 15.0 Å². The number of anilines is 1. The van der Waals surface area contributed by atoms with Gasteiger partial charge in [-0.25, -0.2) is 9.97 Å². The Kier molecular flexibility index (Phi) is 6.83. The number of pyridine rings is 1. The highest BCUT2D eigenvalue weighted by Crippen LogP contribution is 2.33. The molecule has 146 valence electrons. The van der Waals surface area contributed by atoms with E-state index in [1.807, 2.05) is 38.1 Å². The van der Waals surface area contributed by atoms with Gasteiger partial charge in [0.15, 0.2) is 5.15 Å². The number of aryl methyl sites for hydroxylation is 2. The van der Waals surface area contributed by atoms with Gasteiger partial charge in [0.05, 0.1) is 10.7 Å². The van der Waals surface area contributed by atoms with Gasteiger partial charge in [0.2, 0.25) is 5.88 Å². The maximum Gasteiger partial charge on any atom is 0.239 e. The molecule has 0 spiro atoms. The zero-order valence-electron chi connectivity index (χ0n) is 15.1. The summed E-state index contributed by atoms with van der Waals surface area (Å²) in [5, 5.41) is 4.49. The van der Waals surface area contributed by atoms with Crippen LogP contribution in [0.4, 0.5) is 5.82 Å². The van der Waals surface area contributed by atoms with E-state index in [2.05, 4.69) is 20.3 Å². The molecule has 3 aromatic rings. The third kappa shape index (κ3) is 5.17. The van der Waals surface area contributed by atoms with Gasteiger partial charge in [-0.2, -0.15) is 4.98 Å². The van der Waals surface area contributed by atoms with Crippen molar-refractivity contribution in [3.05, 3.63) is 67.6 Å². The molecule has 0 amide bonds. The van der Waals surface area contributed by atoms with Gasteiger partial charge in [-0.3, -0.25) is 0 Å². The summed E-state index contributed by atoms with van der Waals surface area (Å²) in [6, 6.07) is 9.08. The normalized spacial score (nSPS) is 10.8. The zero-order chi connectivity index (χ0) is 20.3. The average Bonchev–Trinajstić information content (AvgIpc) is 2.65. The van der Waals surface area contributed by atoms with Crippen LogP contribution in [-0.2, 0) is 6.42 Å². The van der Waals surface area contributed by atoms with Gasteiger partial charge in [0.25, 0.3) is 0 Å². The number of benzene rings is 1. The van der Waals surface area contributed by atoms with Crippen LogP contribution in [0.2, 0.25) is 20.2 Å². The number of hydrogen-bond acceptors (Lipinski definition) is 5. The molecule has 0 radical (unpaired) electrons. The summed E-state index contributed by atoms with van der Waals surface area (Å²) in [6.45, 7) is 4.37. The highest BCUT2D eigenvalue weighted by atomic mass is 35.5. The van der Waals surface area contributed by atoms with E-state index in [9.17, 15) is 0 Å². The summed E-state index contributed by atoms with van der Waals surface area (Å²) in [7, 11) is 0. The zero-order valence-corrected chi connectivity index (χ0v) is 18.1. The van der Waals surface area contributed by atoms with Crippen molar-refractivity contribution < 1.29 is 4.74 Å². The van der Waals surface area contributed by atoms with E-state index in [0.29, 0.717) is 29.0 Å². The van der Waals surface area contributed by atoms with Crippen molar-refractivity contribution in [3.8, 4) is 11.6 Å². The minimum absolute atomic E-state index is 0.137. The number of nitrogens with one attached hydrogen (secondary N) is 1. The number of aromatic nitrogens is 3. The first-order valence-corrected chi connectivity index (χ1v) is 9.87. The number of halogens is 4. The quantitative estimate of drug-likeness (QED) is 0.425. The number of ether oxygens (including phenoxy) is 1. The molecule has 0 saturated heterocycles. The van der Waals surface area contributed by atoms with Crippen LogP contribution in [0, 0.1) is 13.8 Å². The number of hydrogen-bond donors (Lipinski definition) is 1. The molecule has 2 heterocycles. The fraction of sp³-hybridized carbons (Fsp3) is 0.211. The van der Waals surface area contributed by atoms with Crippen LogP contribution in [0.3, 0.4) is 0 Å². The molecule has 3 rings (SSSR count). The van der Waals surface area contributed by atoms with Crippen LogP contribution < -0.4 is 10.1 Å². The molecule has 0 aliphatic heterocycles. The van der Waals surface area contributed by atoms with Gasteiger partial charge in [-0.1, -0.05) is 58.5 Å². The van der Waals surface area contributed by atoms with Crippen LogP contribution in [0.5, 0.6) is 11.6 Å². The Hall–Kier alpha value is -1.79. The van der Waals surface area contributed by atoms with E-state index in [1.165, 1.54) is 6.07 Å². The Morgan fingerprint density at radius 2 is 1.64 bits per heavy atom. The SMILES string of the molecule is Cc1nc(C)c(Cl)c(NCCc2ccc(Oc3nc(Cl)c(Cl)cc3Cl)cc2)n1. The highest BCUT2D eigenvalue weighted by molar-refractivity contribution is 6.42. The summed E-state index contributed by atoms with van der Waals surface area (Å²) >= 11 is 24.1. The molecule has 0 bridgehead atoms. The van der Waals surface area contributed by atoms with E-state index in [0.717, 1.165) is 17.7 Å². The van der Waals surface area contributed by atoms with E-state index in [-0.39, 0.29) is 21.1 Å². The third-order valence-corrected chi connectivity index (χ3v) is 5.22. The van der Waals surface area contributed by atoms with Gasteiger partial charge in [0, 0.05) is 6.54 Å². The molecular weight excluding hydrogens is 442 g/mol. The third-order valence-electron chi connectivity index (χ3n) is 3.83. The van der Waals surface area contributed by atoms with E-state index in [4.69, 9.17) is 51.1 Å². The molecular formula is C19H16Cl4N4O. The largest absolute Gasteiger partial charge is 0.437 e. The fourth-order valence-electron chi connectivity index (χ4n) is 2.48. The number of nitrogens with zero attached hydrogens (tertiary/aromatic N) is 3. The van der Waals surface area contributed by atoms with Crippen molar-refractivity contribution in [2.45, 2.75) is 20.3 Å². The molecule has 0 aliphatic rings.